The van der Waals surface area contributed by atoms with E-state index in [0.717, 1.165) is 12.1 Å². The third kappa shape index (κ3) is 4.57. The molecule has 1 atom stereocenters. The highest BCUT2D eigenvalue weighted by atomic mass is 19.1. The van der Waals surface area contributed by atoms with Gasteiger partial charge < -0.3 is 15.4 Å². The van der Waals surface area contributed by atoms with Crippen LogP contribution in [0.5, 0.6) is 0 Å². The summed E-state index contributed by atoms with van der Waals surface area (Å²) < 4.78 is 33.3. The first-order chi connectivity index (χ1) is 13.9. The lowest BCUT2D eigenvalue weighted by molar-refractivity contribution is 0.184. The van der Waals surface area contributed by atoms with Crippen LogP contribution in [0.2, 0.25) is 0 Å². The van der Waals surface area contributed by atoms with Gasteiger partial charge in [0, 0.05) is 13.2 Å². The summed E-state index contributed by atoms with van der Waals surface area (Å²) in [5.74, 6) is -1.31. The number of hydrogen-bond acceptors (Lipinski definition) is 4. The van der Waals surface area contributed by atoms with Crippen LogP contribution >= 0.6 is 0 Å². The Morgan fingerprint density at radius 1 is 1.24 bits per heavy atom. The average Bonchev–Trinajstić information content (AvgIpc) is 2.69. The Morgan fingerprint density at radius 3 is 2.72 bits per heavy atom. The van der Waals surface area contributed by atoms with Crippen molar-refractivity contribution in [3.05, 3.63) is 70.3 Å². The summed E-state index contributed by atoms with van der Waals surface area (Å²) in [5, 5.41) is 5.40. The molecule has 0 bridgehead atoms. The second-order valence-electron chi connectivity index (χ2n) is 6.38. The molecular formula is C20H20F2N4O3. The number of amides is 2. The Balaban J connectivity index is 1.88. The molecule has 2 N–H and O–H groups in total. The quantitative estimate of drug-likeness (QED) is 0.663. The van der Waals surface area contributed by atoms with Gasteiger partial charge in [-0.05, 0) is 31.2 Å². The largest absolute Gasteiger partial charge is 0.383 e. The number of urea groups is 1. The fraction of sp³-hybridized carbons (Fsp3) is 0.250. The molecule has 0 saturated carbocycles. The van der Waals surface area contributed by atoms with Gasteiger partial charge in [-0.15, -0.1) is 0 Å². The highest BCUT2D eigenvalue weighted by Gasteiger charge is 2.19. The lowest BCUT2D eigenvalue weighted by Crippen LogP contribution is -2.36. The van der Waals surface area contributed by atoms with E-state index in [-0.39, 0.29) is 24.4 Å². The zero-order chi connectivity index (χ0) is 21.0. The van der Waals surface area contributed by atoms with E-state index in [1.807, 2.05) is 0 Å². The maximum absolute atomic E-state index is 13.7. The van der Waals surface area contributed by atoms with E-state index >= 15 is 0 Å². The smallest absolute Gasteiger partial charge is 0.319 e. The van der Waals surface area contributed by atoms with Crippen LogP contribution in [-0.4, -0.2) is 29.3 Å². The van der Waals surface area contributed by atoms with E-state index in [4.69, 9.17) is 4.74 Å². The fourth-order valence-corrected chi connectivity index (χ4v) is 2.92. The Hall–Kier alpha value is -3.33. The molecule has 0 saturated heterocycles. The first-order valence-electron chi connectivity index (χ1n) is 8.91. The summed E-state index contributed by atoms with van der Waals surface area (Å²) >= 11 is 0. The highest BCUT2D eigenvalue weighted by Crippen LogP contribution is 2.17. The Bertz CT molecular complexity index is 1100. The van der Waals surface area contributed by atoms with Crippen LogP contribution in [0.1, 0.15) is 18.8 Å². The molecule has 1 unspecified atom stereocenters. The van der Waals surface area contributed by atoms with E-state index in [0.29, 0.717) is 22.8 Å². The van der Waals surface area contributed by atoms with Crippen molar-refractivity contribution in [2.75, 3.05) is 19.0 Å². The van der Waals surface area contributed by atoms with Crippen LogP contribution in [0.4, 0.5) is 19.3 Å². The average molecular weight is 402 g/mol. The van der Waals surface area contributed by atoms with Crippen molar-refractivity contribution in [3.8, 4) is 0 Å². The summed E-state index contributed by atoms with van der Waals surface area (Å²) in [6.07, 6.45) is 0. The molecule has 0 radical (unpaired) electrons. The lowest BCUT2D eigenvalue weighted by atomic mass is 10.2. The molecule has 1 aromatic heterocycles. The summed E-state index contributed by atoms with van der Waals surface area (Å²) in [7, 11) is 1.52. The van der Waals surface area contributed by atoms with E-state index in [9.17, 15) is 18.4 Å². The van der Waals surface area contributed by atoms with E-state index in [1.165, 1.54) is 11.7 Å². The van der Waals surface area contributed by atoms with Gasteiger partial charge in [0.2, 0.25) is 0 Å². The second kappa shape index (κ2) is 8.78. The second-order valence-corrected chi connectivity index (χ2v) is 6.38. The summed E-state index contributed by atoms with van der Waals surface area (Å²) in [5.41, 5.74) is 0.0837. The number of fused-ring (bicyclic) bond motifs is 1. The maximum Gasteiger partial charge on any atom is 0.319 e. The van der Waals surface area contributed by atoms with Gasteiger partial charge in [0.1, 0.15) is 17.5 Å². The van der Waals surface area contributed by atoms with Crippen LogP contribution in [0.25, 0.3) is 10.9 Å². The summed E-state index contributed by atoms with van der Waals surface area (Å²) in [6, 6.07) is 8.34. The van der Waals surface area contributed by atoms with E-state index in [1.54, 1.807) is 31.2 Å². The number of aromatic nitrogens is 2. The number of halogens is 2. The van der Waals surface area contributed by atoms with Crippen molar-refractivity contribution in [3.63, 3.8) is 0 Å². The third-order valence-corrected chi connectivity index (χ3v) is 4.32. The molecule has 152 valence electrons. The molecule has 0 aliphatic rings. The lowest BCUT2D eigenvalue weighted by Gasteiger charge is -2.19. The molecule has 7 nitrogen and oxygen atoms in total. The number of para-hydroxylation sites is 1. The standard InChI is InChI=1S/C20H20F2N4O3/c1-12(23-20(28)25-17-8-7-13(21)11-15(17)22)18-24-16-6-4-3-5-14(16)19(27)26(18)9-10-29-2/h3-8,11-12H,9-10H2,1-2H3,(H2,23,25,28). The minimum atomic E-state index is -0.895. The van der Waals surface area contributed by atoms with Crippen molar-refractivity contribution in [2.24, 2.45) is 0 Å². The molecule has 0 fully saturated rings. The topological polar surface area (TPSA) is 85.2 Å². The van der Waals surface area contributed by atoms with Crippen LogP contribution in [-0.2, 0) is 11.3 Å². The molecule has 9 heteroatoms. The SMILES string of the molecule is COCCn1c(C(C)NC(=O)Nc2ccc(F)cc2F)nc2ccccc2c1=O. The molecular weight excluding hydrogens is 382 g/mol. The fourth-order valence-electron chi connectivity index (χ4n) is 2.92. The summed E-state index contributed by atoms with van der Waals surface area (Å²) in [4.78, 5) is 29.7. The van der Waals surface area contributed by atoms with Crippen molar-refractivity contribution in [2.45, 2.75) is 19.5 Å². The zero-order valence-corrected chi connectivity index (χ0v) is 15.9. The molecule has 3 rings (SSSR count). The van der Waals surface area contributed by atoms with Crippen molar-refractivity contribution < 1.29 is 18.3 Å². The Morgan fingerprint density at radius 2 is 2.00 bits per heavy atom. The molecule has 0 spiro atoms. The minimum Gasteiger partial charge on any atom is -0.383 e. The van der Waals surface area contributed by atoms with Gasteiger partial charge in [0.05, 0.1) is 35.8 Å². The predicted molar refractivity (Wildman–Crippen MR) is 105 cm³/mol. The normalized spacial score (nSPS) is 12.0. The van der Waals surface area contributed by atoms with Gasteiger partial charge in [0.15, 0.2) is 0 Å². The van der Waals surface area contributed by atoms with Gasteiger partial charge in [-0.3, -0.25) is 9.36 Å². The monoisotopic (exact) mass is 402 g/mol. The first kappa shape index (κ1) is 20.4. The van der Waals surface area contributed by atoms with Crippen molar-refractivity contribution >= 4 is 22.6 Å². The molecule has 2 amide bonds. The van der Waals surface area contributed by atoms with Gasteiger partial charge in [0.25, 0.3) is 5.56 Å². The Kier molecular flexibility index (Phi) is 6.18. The van der Waals surface area contributed by atoms with Gasteiger partial charge in [-0.1, -0.05) is 12.1 Å². The number of ether oxygens (including phenoxy) is 1. The predicted octanol–water partition coefficient (Wildman–Crippen LogP) is 3.20. The molecule has 0 aliphatic heterocycles. The number of nitrogens with one attached hydrogen (secondary N) is 2. The maximum atomic E-state index is 13.7. The Labute approximate surface area is 165 Å². The number of anilines is 1. The van der Waals surface area contributed by atoms with Crippen LogP contribution in [0.15, 0.2) is 47.3 Å². The molecule has 1 heterocycles. The third-order valence-electron chi connectivity index (χ3n) is 4.32. The van der Waals surface area contributed by atoms with Crippen molar-refractivity contribution in [1.82, 2.24) is 14.9 Å². The molecule has 3 aromatic rings. The number of nitrogens with zero attached hydrogens (tertiary/aromatic N) is 2. The van der Waals surface area contributed by atoms with Gasteiger partial charge >= 0.3 is 6.03 Å². The molecule has 2 aromatic carbocycles. The minimum absolute atomic E-state index is 0.167. The van der Waals surface area contributed by atoms with Crippen LogP contribution < -0.4 is 16.2 Å². The number of hydrogen-bond donors (Lipinski definition) is 2. The number of carbonyl (C=O) groups excluding carboxylic acids is 1. The van der Waals surface area contributed by atoms with Crippen LogP contribution in [0, 0.1) is 11.6 Å². The van der Waals surface area contributed by atoms with Crippen LogP contribution in [0.3, 0.4) is 0 Å². The first-order valence-corrected chi connectivity index (χ1v) is 8.91. The van der Waals surface area contributed by atoms with Gasteiger partial charge in [-0.25, -0.2) is 18.6 Å². The van der Waals surface area contributed by atoms with E-state index in [2.05, 4.69) is 15.6 Å². The van der Waals surface area contributed by atoms with E-state index < -0.39 is 23.7 Å². The molecule has 29 heavy (non-hydrogen) atoms. The number of carbonyl (C=O) groups is 1. The summed E-state index contributed by atoms with van der Waals surface area (Å²) in [6.45, 7) is 2.19. The number of methoxy groups -OCH3 is 1. The molecule has 0 aliphatic carbocycles. The van der Waals surface area contributed by atoms with Crippen molar-refractivity contribution in [1.29, 1.82) is 0 Å². The highest BCUT2D eigenvalue weighted by molar-refractivity contribution is 5.89. The number of benzene rings is 2. The zero-order valence-electron chi connectivity index (χ0n) is 15.9. The number of rotatable bonds is 6. The van der Waals surface area contributed by atoms with Gasteiger partial charge in [-0.2, -0.15) is 0 Å².